The fraction of sp³-hybridized carbons (Fsp3) is 0.562. The van der Waals surface area contributed by atoms with Crippen molar-refractivity contribution in [3.63, 3.8) is 0 Å². The molecule has 1 saturated carbocycles. The van der Waals surface area contributed by atoms with Crippen molar-refractivity contribution < 1.29 is 4.74 Å². The molecule has 1 aromatic heterocycles. The molecule has 5 nitrogen and oxygen atoms in total. The summed E-state index contributed by atoms with van der Waals surface area (Å²) in [7, 11) is 2.13. The van der Waals surface area contributed by atoms with Crippen molar-refractivity contribution in [1.29, 1.82) is 0 Å². The number of nitrogens with zero attached hydrogens (tertiary/aromatic N) is 4. The van der Waals surface area contributed by atoms with Crippen LogP contribution in [0.3, 0.4) is 0 Å². The van der Waals surface area contributed by atoms with Crippen LogP contribution in [-0.4, -0.2) is 34.2 Å². The average Bonchev–Trinajstić information content (AvgIpc) is 3.16. The van der Waals surface area contributed by atoms with E-state index in [1.54, 1.807) is 0 Å². The standard InChI is InChI=1S/C16H23BN4O/c1-9(2)12-7-14(15(8-13(12)17)22-10(3)4)21-16(11-5-6-11)18-19-20-21/h7-11H,5-6,17H2,1-4H3. The zero-order valence-corrected chi connectivity index (χ0v) is 14.0. The first-order valence-corrected chi connectivity index (χ1v) is 8.07. The van der Waals surface area contributed by atoms with E-state index in [4.69, 9.17) is 4.74 Å². The third-order valence-electron chi connectivity index (χ3n) is 4.00. The number of tetrazole rings is 1. The van der Waals surface area contributed by atoms with Crippen LogP contribution in [-0.2, 0) is 0 Å². The van der Waals surface area contributed by atoms with Gasteiger partial charge in [-0.15, -0.1) is 5.10 Å². The van der Waals surface area contributed by atoms with Crippen LogP contribution >= 0.6 is 0 Å². The van der Waals surface area contributed by atoms with Gasteiger partial charge in [0.15, 0.2) is 5.82 Å². The van der Waals surface area contributed by atoms with Gasteiger partial charge in [0, 0.05) is 5.92 Å². The average molecular weight is 298 g/mol. The van der Waals surface area contributed by atoms with Crippen molar-refractivity contribution in [2.24, 2.45) is 0 Å². The number of rotatable bonds is 5. The third-order valence-corrected chi connectivity index (χ3v) is 4.00. The summed E-state index contributed by atoms with van der Waals surface area (Å²) in [5.74, 6) is 2.75. The van der Waals surface area contributed by atoms with Gasteiger partial charge in [0.2, 0.25) is 0 Å². The molecule has 6 heteroatoms. The van der Waals surface area contributed by atoms with Crippen molar-refractivity contribution in [2.45, 2.75) is 58.5 Å². The third kappa shape index (κ3) is 2.87. The van der Waals surface area contributed by atoms with E-state index in [1.807, 2.05) is 18.5 Å². The molecule has 1 fully saturated rings. The first-order valence-electron chi connectivity index (χ1n) is 8.07. The highest BCUT2D eigenvalue weighted by Crippen LogP contribution is 2.40. The second-order valence-electron chi connectivity index (χ2n) is 6.72. The van der Waals surface area contributed by atoms with Crippen molar-refractivity contribution in [3.8, 4) is 11.4 Å². The molecule has 1 aliphatic carbocycles. The monoisotopic (exact) mass is 298 g/mol. The Morgan fingerprint density at radius 1 is 1.23 bits per heavy atom. The van der Waals surface area contributed by atoms with Gasteiger partial charge in [-0.3, -0.25) is 0 Å². The summed E-state index contributed by atoms with van der Waals surface area (Å²) in [5, 5.41) is 12.3. The van der Waals surface area contributed by atoms with Crippen LogP contribution < -0.4 is 10.2 Å². The van der Waals surface area contributed by atoms with Gasteiger partial charge >= 0.3 is 0 Å². The van der Waals surface area contributed by atoms with Gasteiger partial charge in [-0.05, 0) is 60.7 Å². The molecular formula is C16H23BN4O. The number of ether oxygens (including phenoxy) is 1. The lowest BCUT2D eigenvalue weighted by Gasteiger charge is -2.19. The van der Waals surface area contributed by atoms with E-state index in [1.165, 1.54) is 23.9 Å². The second kappa shape index (κ2) is 5.74. The van der Waals surface area contributed by atoms with Crippen molar-refractivity contribution in [2.75, 3.05) is 0 Å². The lowest BCUT2D eigenvalue weighted by Crippen LogP contribution is -2.18. The lowest BCUT2D eigenvalue weighted by molar-refractivity contribution is 0.241. The molecule has 0 N–H and O–H groups in total. The minimum atomic E-state index is 0.115. The van der Waals surface area contributed by atoms with E-state index in [2.05, 4.69) is 49.4 Å². The van der Waals surface area contributed by atoms with E-state index >= 15 is 0 Å². The van der Waals surface area contributed by atoms with Crippen LogP contribution in [0.15, 0.2) is 12.1 Å². The minimum absolute atomic E-state index is 0.115. The molecule has 1 aliphatic rings. The number of aromatic nitrogens is 4. The topological polar surface area (TPSA) is 52.8 Å². The minimum Gasteiger partial charge on any atom is -0.489 e. The Bertz CT molecular complexity index is 677. The molecule has 22 heavy (non-hydrogen) atoms. The molecule has 0 bridgehead atoms. The maximum Gasteiger partial charge on any atom is 0.159 e. The molecule has 0 saturated heterocycles. The Labute approximate surface area is 132 Å². The fourth-order valence-corrected chi connectivity index (χ4v) is 2.78. The number of benzene rings is 1. The molecule has 0 spiro atoms. The van der Waals surface area contributed by atoms with E-state index in [-0.39, 0.29) is 6.10 Å². The zero-order valence-electron chi connectivity index (χ0n) is 14.0. The van der Waals surface area contributed by atoms with Crippen molar-refractivity contribution >= 4 is 13.3 Å². The Balaban J connectivity index is 2.13. The first kappa shape index (κ1) is 15.1. The summed E-state index contributed by atoms with van der Waals surface area (Å²) in [6.07, 6.45) is 2.46. The Morgan fingerprint density at radius 2 is 1.95 bits per heavy atom. The molecule has 116 valence electrons. The first-order chi connectivity index (χ1) is 10.5. The largest absolute Gasteiger partial charge is 0.489 e. The molecule has 0 amide bonds. The van der Waals surface area contributed by atoms with Crippen LogP contribution in [0.2, 0.25) is 0 Å². The van der Waals surface area contributed by atoms with Gasteiger partial charge in [0.05, 0.1) is 6.10 Å². The predicted octanol–water partition coefficient (Wildman–Crippen LogP) is 1.71. The highest BCUT2D eigenvalue weighted by atomic mass is 16.5. The predicted molar refractivity (Wildman–Crippen MR) is 89.2 cm³/mol. The van der Waals surface area contributed by atoms with Gasteiger partial charge in [0.1, 0.15) is 19.3 Å². The summed E-state index contributed by atoms with van der Waals surface area (Å²) in [6.45, 7) is 8.49. The van der Waals surface area contributed by atoms with E-state index in [0.717, 1.165) is 17.3 Å². The number of hydrogen-bond donors (Lipinski definition) is 0. The molecule has 3 rings (SSSR count). The van der Waals surface area contributed by atoms with E-state index in [9.17, 15) is 0 Å². The molecule has 2 aromatic rings. The molecular weight excluding hydrogens is 275 g/mol. The molecule has 0 atom stereocenters. The smallest absolute Gasteiger partial charge is 0.159 e. The molecule has 0 aliphatic heterocycles. The highest BCUT2D eigenvalue weighted by molar-refractivity contribution is 6.33. The van der Waals surface area contributed by atoms with E-state index in [0.29, 0.717) is 11.8 Å². The van der Waals surface area contributed by atoms with Crippen LogP contribution in [0.1, 0.15) is 63.8 Å². The lowest BCUT2D eigenvalue weighted by atomic mass is 9.85. The normalized spacial score (nSPS) is 14.8. The van der Waals surface area contributed by atoms with Crippen LogP contribution in [0.4, 0.5) is 0 Å². The van der Waals surface area contributed by atoms with E-state index < -0.39 is 0 Å². The van der Waals surface area contributed by atoms with Gasteiger partial charge in [0.25, 0.3) is 0 Å². The van der Waals surface area contributed by atoms with Crippen LogP contribution in [0.25, 0.3) is 5.69 Å². The van der Waals surface area contributed by atoms with Gasteiger partial charge in [-0.25, -0.2) is 0 Å². The molecule has 1 aromatic carbocycles. The summed E-state index contributed by atoms with van der Waals surface area (Å²) in [4.78, 5) is 0. The Kier molecular flexibility index (Phi) is 3.93. The zero-order chi connectivity index (χ0) is 15.9. The molecule has 0 radical (unpaired) electrons. The SMILES string of the molecule is Bc1cc(OC(C)C)c(-n2nnnc2C2CC2)cc1C(C)C. The van der Waals surface area contributed by atoms with Crippen LogP contribution in [0.5, 0.6) is 5.75 Å². The maximum absolute atomic E-state index is 6.02. The van der Waals surface area contributed by atoms with Crippen molar-refractivity contribution in [1.82, 2.24) is 20.2 Å². The highest BCUT2D eigenvalue weighted by Gasteiger charge is 2.31. The Morgan fingerprint density at radius 3 is 2.55 bits per heavy atom. The maximum atomic E-state index is 6.02. The summed E-state index contributed by atoms with van der Waals surface area (Å²) in [5.41, 5.74) is 3.51. The van der Waals surface area contributed by atoms with Gasteiger partial charge < -0.3 is 4.74 Å². The fourth-order valence-electron chi connectivity index (χ4n) is 2.78. The molecule has 1 heterocycles. The summed E-state index contributed by atoms with van der Waals surface area (Å²) in [6, 6.07) is 4.29. The van der Waals surface area contributed by atoms with Crippen LogP contribution in [0, 0.1) is 0 Å². The number of hydrogen-bond acceptors (Lipinski definition) is 4. The second-order valence-corrected chi connectivity index (χ2v) is 6.72. The quantitative estimate of drug-likeness (QED) is 0.789. The van der Waals surface area contributed by atoms with Gasteiger partial charge in [-0.2, -0.15) is 4.68 Å². The van der Waals surface area contributed by atoms with Crippen molar-refractivity contribution in [3.05, 3.63) is 23.5 Å². The Hall–Kier alpha value is -1.85. The summed E-state index contributed by atoms with van der Waals surface area (Å²) >= 11 is 0. The summed E-state index contributed by atoms with van der Waals surface area (Å²) < 4.78 is 7.89. The van der Waals surface area contributed by atoms with Gasteiger partial charge in [-0.1, -0.05) is 19.3 Å². The molecule has 0 unspecified atom stereocenters.